The summed E-state index contributed by atoms with van der Waals surface area (Å²) < 4.78 is 86.3. The van der Waals surface area contributed by atoms with Gasteiger partial charge < -0.3 is 0 Å². The summed E-state index contributed by atoms with van der Waals surface area (Å²) in [7, 11) is -2.36. The second-order valence-electron chi connectivity index (χ2n) is 11.4. The minimum atomic E-state index is -4.66. The van der Waals surface area contributed by atoms with Crippen molar-refractivity contribution in [3.63, 3.8) is 0 Å². The van der Waals surface area contributed by atoms with Gasteiger partial charge in [-0.05, 0) is 62.3 Å². The third-order valence-corrected chi connectivity index (χ3v) is 11.5. The number of fused-ring (bicyclic) bond motifs is 2. The molecule has 4 heterocycles. The van der Waals surface area contributed by atoms with Crippen LogP contribution in [0.3, 0.4) is 0 Å². The van der Waals surface area contributed by atoms with Crippen LogP contribution in [0.4, 0.5) is 17.6 Å². The first kappa shape index (κ1) is 29.0. The third kappa shape index (κ3) is 4.79. The lowest BCUT2D eigenvalue weighted by atomic mass is 9.61. The molecule has 16 heteroatoms. The number of aryl methyl sites for hydroxylation is 1. The lowest BCUT2D eigenvalue weighted by molar-refractivity contribution is -0.134. The van der Waals surface area contributed by atoms with E-state index in [-0.39, 0.29) is 40.1 Å². The Hall–Kier alpha value is -3.76. The number of aromatic nitrogens is 6. The van der Waals surface area contributed by atoms with Crippen LogP contribution < -0.4 is 0 Å². The number of rotatable bonds is 7. The van der Waals surface area contributed by atoms with Crippen molar-refractivity contribution in [2.24, 2.45) is 12.5 Å². The van der Waals surface area contributed by atoms with Crippen molar-refractivity contribution in [2.45, 2.75) is 61.7 Å². The SMILES string of the molecule is Cn1cc(S(=O)(=O)N(C2CC2)[C@H]2CCC3=Cc4c(cnn4-c4ccc(F)nc4)C[C@]3(C(=O)c3ncc(C(F)(F)F)s3)C2)cn1. The maximum absolute atomic E-state index is 14.4. The Morgan fingerprint density at radius 2 is 1.86 bits per heavy atom. The highest BCUT2D eigenvalue weighted by atomic mass is 32.2. The number of alkyl halides is 3. The van der Waals surface area contributed by atoms with Gasteiger partial charge in [0.2, 0.25) is 21.8 Å². The van der Waals surface area contributed by atoms with E-state index in [1.807, 2.05) is 0 Å². The van der Waals surface area contributed by atoms with E-state index in [1.165, 1.54) is 39.7 Å². The van der Waals surface area contributed by atoms with Crippen LogP contribution in [-0.2, 0) is 29.7 Å². The quantitative estimate of drug-likeness (QED) is 0.160. The fourth-order valence-electron chi connectivity index (χ4n) is 6.39. The number of carbonyl (C=O) groups is 1. The molecule has 0 aromatic carbocycles. The number of hydrogen-bond acceptors (Lipinski definition) is 8. The van der Waals surface area contributed by atoms with E-state index < -0.39 is 44.3 Å². The maximum Gasteiger partial charge on any atom is 0.427 e. The summed E-state index contributed by atoms with van der Waals surface area (Å²) in [5, 5.41) is 8.20. The Morgan fingerprint density at radius 1 is 1.07 bits per heavy atom. The van der Waals surface area contributed by atoms with Gasteiger partial charge in [0.05, 0.1) is 41.6 Å². The van der Waals surface area contributed by atoms with E-state index in [4.69, 9.17) is 0 Å². The topological polar surface area (TPSA) is 116 Å². The molecule has 2 atom stereocenters. The molecule has 0 radical (unpaired) electrons. The molecule has 44 heavy (non-hydrogen) atoms. The van der Waals surface area contributed by atoms with Gasteiger partial charge in [-0.15, -0.1) is 11.3 Å². The fraction of sp³-hybridized carbons (Fsp3) is 0.393. The number of pyridine rings is 1. The van der Waals surface area contributed by atoms with Crippen molar-refractivity contribution in [1.29, 1.82) is 0 Å². The molecule has 0 bridgehead atoms. The fourth-order valence-corrected chi connectivity index (χ4v) is 9.10. The van der Waals surface area contributed by atoms with Crippen molar-refractivity contribution >= 4 is 33.2 Å². The van der Waals surface area contributed by atoms with Crippen molar-refractivity contribution in [3.8, 4) is 5.69 Å². The van der Waals surface area contributed by atoms with E-state index in [0.29, 0.717) is 54.4 Å². The smallest absolute Gasteiger partial charge is 0.290 e. The third-order valence-electron chi connectivity index (χ3n) is 8.53. The molecule has 0 unspecified atom stereocenters. The molecule has 2 saturated carbocycles. The van der Waals surface area contributed by atoms with E-state index in [9.17, 15) is 30.8 Å². The van der Waals surface area contributed by atoms with E-state index in [2.05, 4.69) is 20.2 Å². The summed E-state index contributed by atoms with van der Waals surface area (Å²) in [6.45, 7) is 0. The van der Waals surface area contributed by atoms with Crippen LogP contribution in [0.25, 0.3) is 11.8 Å². The second-order valence-corrected chi connectivity index (χ2v) is 14.3. The molecule has 2 fully saturated rings. The molecule has 4 aromatic rings. The minimum Gasteiger partial charge on any atom is -0.290 e. The van der Waals surface area contributed by atoms with Gasteiger partial charge in [-0.1, -0.05) is 5.57 Å². The van der Waals surface area contributed by atoms with Gasteiger partial charge in [0.15, 0.2) is 5.01 Å². The molecule has 0 spiro atoms. The van der Waals surface area contributed by atoms with Crippen LogP contribution in [0.5, 0.6) is 0 Å². The molecule has 0 saturated heterocycles. The van der Waals surface area contributed by atoms with Crippen LogP contribution >= 0.6 is 11.3 Å². The van der Waals surface area contributed by atoms with Crippen molar-refractivity contribution in [2.75, 3.05) is 0 Å². The maximum atomic E-state index is 14.4. The van der Waals surface area contributed by atoms with Gasteiger partial charge in [0.1, 0.15) is 9.77 Å². The summed E-state index contributed by atoms with van der Waals surface area (Å²) >= 11 is 0.290. The number of sulfonamides is 1. The van der Waals surface area contributed by atoms with Crippen LogP contribution in [0.2, 0.25) is 0 Å². The van der Waals surface area contributed by atoms with Gasteiger partial charge in [0.25, 0.3) is 0 Å². The van der Waals surface area contributed by atoms with Crippen molar-refractivity contribution < 1.29 is 30.8 Å². The largest absolute Gasteiger partial charge is 0.427 e. The molecule has 3 aliphatic carbocycles. The van der Waals surface area contributed by atoms with E-state index in [0.717, 1.165) is 0 Å². The first-order chi connectivity index (χ1) is 20.9. The number of allylic oxidation sites excluding steroid dienone is 1. The lowest BCUT2D eigenvalue weighted by Gasteiger charge is -2.46. The molecule has 0 amide bonds. The number of carbonyl (C=O) groups excluding carboxylic acids is 1. The zero-order valence-corrected chi connectivity index (χ0v) is 24.8. The Bertz CT molecular complexity index is 1910. The van der Waals surface area contributed by atoms with Crippen molar-refractivity contribution in [1.82, 2.24) is 33.8 Å². The average Bonchev–Trinajstić information content (AvgIpc) is 3.34. The molecule has 4 aromatic heterocycles. The van der Waals surface area contributed by atoms with E-state index >= 15 is 0 Å². The standard InChI is InChI=1S/C28H25F4N7O3S2/c1-37-15-21(13-35-37)44(41,42)39(18-4-5-18)19-3-2-17-8-22-16(11-36-38(22)20-6-7-24(29)33-12-20)9-27(17,10-19)25(40)26-34-14-23(43-26)28(30,31)32/h6-8,11-15,18-19H,2-5,9-10H2,1H3/t19-,27-/m0/s1. The van der Waals surface area contributed by atoms with Gasteiger partial charge in [-0.25, -0.2) is 23.1 Å². The van der Waals surface area contributed by atoms with Gasteiger partial charge in [-0.2, -0.15) is 32.1 Å². The highest BCUT2D eigenvalue weighted by Crippen LogP contribution is 2.53. The summed E-state index contributed by atoms with van der Waals surface area (Å²) in [5.74, 6) is -1.23. The van der Waals surface area contributed by atoms with Crippen molar-refractivity contribution in [3.05, 3.63) is 75.8 Å². The predicted octanol–water partition coefficient (Wildman–Crippen LogP) is 4.83. The zero-order chi connectivity index (χ0) is 31.0. The average molecular weight is 648 g/mol. The molecular weight excluding hydrogens is 622 g/mol. The molecular formula is C28H25F4N7O3S2. The normalized spacial score (nSPS) is 22.0. The van der Waals surface area contributed by atoms with Crippen LogP contribution in [-0.4, -0.2) is 60.1 Å². The molecule has 7 rings (SSSR count). The molecule has 0 N–H and O–H groups in total. The Labute approximate surface area is 253 Å². The Balaban J connectivity index is 1.32. The Kier molecular flexibility index (Phi) is 6.68. The lowest BCUT2D eigenvalue weighted by Crippen LogP contribution is -2.51. The number of halogens is 4. The summed E-state index contributed by atoms with van der Waals surface area (Å²) in [5.41, 5.74) is 1.11. The number of thiazole rings is 1. The highest BCUT2D eigenvalue weighted by Gasteiger charge is 2.54. The van der Waals surface area contributed by atoms with Crippen LogP contribution in [0.15, 0.2) is 53.6 Å². The summed E-state index contributed by atoms with van der Waals surface area (Å²) in [4.78, 5) is 21.0. The number of nitrogens with zero attached hydrogens (tertiary/aromatic N) is 7. The van der Waals surface area contributed by atoms with Crippen LogP contribution in [0, 0.1) is 11.4 Å². The van der Waals surface area contributed by atoms with Gasteiger partial charge in [0, 0.05) is 25.3 Å². The number of hydrogen-bond donors (Lipinski definition) is 0. The van der Waals surface area contributed by atoms with E-state index in [1.54, 1.807) is 24.0 Å². The zero-order valence-electron chi connectivity index (χ0n) is 23.2. The van der Waals surface area contributed by atoms with Gasteiger partial charge >= 0.3 is 6.18 Å². The highest BCUT2D eigenvalue weighted by molar-refractivity contribution is 7.89. The molecule has 0 aliphatic heterocycles. The molecule has 10 nitrogen and oxygen atoms in total. The minimum absolute atomic E-state index is 0.0449. The summed E-state index contributed by atoms with van der Waals surface area (Å²) in [6.07, 6.45) is 5.65. The first-order valence-electron chi connectivity index (χ1n) is 13.9. The number of ketones is 1. The Morgan fingerprint density at radius 3 is 2.50 bits per heavy atom. The molecule has 230 valence electrons. The van der Waals surface area contributed by atoms with Crippen LogP contribution in [0.1, 0.15) is 58.0 Å². The predicted molar refractivity (Wildman–Crippen MR) is 150 cm³/mol. The molecule has 3 aliphatic rings. The summed E-state index contributed by atoms with van der Waals surface area (Å²) in [6, 6.07) is 1.89. The second kappa shape index (κ2) is 10.1. The first-order valence-corrected chi connectivity index (χ1v) is 16.1. The monoisotopic (exact) mass is 647 g/mol. The van der Waals surface area contributed by atoms with Gasteiger partial charge in [-0.3, -0.25) is 9.48 Å². The number of Topliss-reactive ketones (excluding diaryl/α,β-unsaturated/α-hetero) is 1.